The summed E-state index contributed by atoms with van der Waals surface area (Å²) in [4.78, 5) is 24.0. The second kappa shape index (κ2) is 9.90. The van der Waals surface area contributed by atoms with Crippen LogP contribution in [0.4, 0.5) is 5.69 Å². The van der Waals surface area contributed by atoms with Gasteiger partial charge in [-0.2, -0.15) is 0 Å². The number of carbonyl (C=O) groups is 2. The highest BCUT2D eigenvalue weighted by Gasteiger charge is 2.17. The second-order valence-electron chi connectivity index (χ2n) is 7.18. The molecule has 2 aromatic rings. The van der Waals surface area contributed by atoms with Gasteiger partial charge in [0.05, 0.1) is 12.6 Å². The lowest BCUT2D eigenvalue weighted by Gasteiger charge is -2.17. The van der Waals surface area contributed by atoms with Gasteiger partial charge in [0.1, 0.15) is 11.9 Å². The summed E-state index contributed by atoms with van der Waals surface area (Å²) in [5, 5.41) is 5.35. The molecule has 2 aromatic carbocycles. The molecule has 2 atom stereocenters. The number of hydrogen-bond donors (Lipinski definition) is 3. The van der Waals surface area contributed by atoms with Crippen LogP contribution in [-0.2, 0) is 9.59 Å². The van der Waals surface area contributed by atoms with Gasteiger partial charge in [-0.1, -0.05) is 44.2 Å². The minimum absolute atomic E-state index is 0.0103. The topological polar surface area (TPSA) is 93.5 Å². The van der Waals surface area contributed by atoms with E-state index in [0.717, 1.165) is 16.9 Å². The SMILES string of the molecule is Cc1cc(OC(C)c2ccccc2)ccc1NC(=O)CNC(=O)[C@@H](N)C(C)C. The van der Waals surface area contributed by atoms with Crippen LogP contribution in [0.2, 0.25) is 0 Å². The van der Waals surface area contributed by atoms with Gasteiger partial charge in [0.25, 0.3) is 0 Å². The first-order valence-electron chi connectivity index (χ1n) is 9.43. The van der Waals surface area contributed by atoms with Crippen LogP contribution in [0.1, 0.15) is 38.0 Å². The fraction of sp³-hybridized carbons (Fsp3) is 0.364. The predicted octanol–water partition coefficient (Wildman–Crippen LogP) is 3.17. The lowest BCUT2D eigenvalue weighted by Crippen LogP contribution is -2.46. The highest BCUT2D eigenvalue weighted by molar-refractivity contribution is 5.95. The maximum atomic E-state index is 12.1. The third kappa shape index (κ3) is 6.09. The van der Waals surface area contributed by atoms with Crippen molar-refractivity contribution in [1.29, 1.82) is 0 Å². The molecule has 0 heterocycles. The van der Waals surface area contributed by atoms with Gasteiger partial charge in [0.2, 0.25) is 11.8 Å². The molecular formula is C22H29N3O3. The molecule has 2 rings (SSSR count). The Kier molecular flexibility index (Phi) is 7.58. The largest absolute Gasteiger partial charge is 0.486 e. The van der Waals surface area contributed by atoms with Crippen molar-refractivity contribution >= 4 is 17.5 Å². The molecule has 6 nitrogen and oxygen atoms in total. The Morgan fingerprint density at radius 3 is 2.36 bits per heavy atom. The maximum Gasteiger partial charge on any atom is 0.243 e. The van der Waals surface area contributed by atoms with E-state index in [0.29, 0.717) is 5.69 Å². The maximum absolute atomic E-state index is 12.1. The normalized spacial score (nSPS) is 12.9. The molecule has 0 saturated carbocycles. The van der Waals surface area contributed by atoms with Crippen molar-refractivity contribution < 1.29 is 14.3 Å². The second-order valence-corrected chi connectivity index (χ2v) is 7.18. The molecule has 2 amide bonds. The molecule has 28 heavy (non-hydrogen) atoms. The highest BCUT2D eigenvalue weighted by Crippen LogP contribution is 2.26. The molecule has 0 fully saturated rings. The van der Waals surface area contributed by atoms with Crippen molar-refractivity contribution in [2.24, 2.45) is 11.7 Å². The number of anilines is 1. The van der Waals surface area contributed by atoms with Crippen LogP contribution in [0.5, 0.6) is 5.75 Å². The average Bonchev–Trinajstić information content (AvgIpc) is 2.68. The van der Waals surface area contributed by atoms with Crippen molar-refractivity contribution in [3.63, 3.8) is 0 Å². The van der Waals surface area contributed by atoms with Crippen LogP contribution in [0, 0.1) is 12.8 Å². The van der Waals surface area contributed by atoms with E-state index in [4.69, 9.17) is 10.5 Å². The van der Waals surface area contributed by atoms with Crippen LogP contribution in [-0.4, -0.2) is 24.4 Å². The van der Waals surface area contributed by atoms with Gasteiger partial charge in [0.15, 0.2) is 0 Å². The minimum Gasteiger partial charge on any atom is -0.486 e. The molecule has 0 aliphatic heterocycles. The smallest absolute Gasteiger partial charge is 0.243 e. The van der Waals surface area contributed by atoms with E-state index in [-0.39, 0.29) is 30.4 Å². The third-order valence-electron chi connectivity index (χ3n) is 4.50. The van der Waals surface area contributed by atoms with Gasteiger partial charge in [-0.25, -0.2) is 0 Å². The fourth-order valence-electron chi connectivity index (χ4n) is 2.63. The number of ether oxygens (including phenoxy) is 1. The van der Waals surface area contributed by atoms with Crippen LogP contribution in [0.15, 0.2) is 48.5 Å². The summed E-state index contributed by atoms with van der Waals surface area (Å²) >= 11 is 0. The number of benzene rings is 2. The summed E-state index contributed by atoms with van der Waals surface area (Å²) in [5.41, 5.74) is 8.40. The number of carbonyl (C=O) groups excluding carboxylic acids is 2. The van der Waals surface area contributed by atoms with Crippen molar-refractivity contribution in [3.8, 4) is 5.75 Å². The fourth-order valence-corrected chi connectivity index (χ4v) is 2.63. The molecule has 0 bridgehead atoms. The van der Waals surface area contributed by atoms with Gasteiger partial charge in [0, 0.05) is 5.69 Å². The standard InChI is InChI=1S/C22H29N3O3/c1-14(2)21(23)22(27)24-13-20(26)25-19-11-10-18(12-15(19)3)28-16(4)17-8-6-5-7-9-17/h5-12,14,16,21H,13,23H2,1-4H3,(H,24,27)(H,25,26)/t16?,21-/m0/s1. The first kappa shape index (κ1) is 21.4. The number of aryl methyl sites for hydroxylation is 1. The van der Waals surface area contributed by atoms with Crippen molar-refractivity contribution in [2.45, 2.75) is 39.8 Å². The molecule has 6 heteroatoms. The van der Waals surface area contributed by atoms with E-state index in [9.17, 15) is 9.59 Å². The molecule has 0 spiro atoms. The van der Waals surface area contributed by atoms with Gasteiger partial charge in [-0.05, 0) is 49.1 Å². The molecule has 4 N–H and O–H groups in total. The molecular weight excluding hydrogens is 354 g/mol. The number of hydrogen-bond acceptors (Lipinski definition) is 4. The monoisotopic (exact) mass is 383 g/mol. The van der Waals surface area contributed by atoms with E-state index < -0.39 is 6.04 Å². The Balaban J connectivity index is 1.91. The van der Waals surface area contributed by atoms with E-state index in [2.05, 4.69) is 10.6 Å². The lowest BCUT2D eigenvalue weighted by atomic mass is 10.1. The quantitative estimate of drug-likeness (QED) is 0.653. The Morgan fingerprint density at radius 1 is 1.07 bits per heavy atom. The predicted molar refractivity (Wildman–Crippen MR) is 111 cm³/mol. The third-order valence-corrected chi connectivity index (χ3v) is 4.50. The molecule has 0 aliphatic rings. The zero-order chi connectivity index (χ0) is 20.7. The zero-order valence-electron chi connectivity index (χ0n) is 16.9. The van der Waals surface area contributed by atoms with Gasteiger partial charge in [-0.15, -0.1) is 0 Å². The minimum atomic E-state index is -0.627. The van der Waals surface area contributed by atoms with Crippen molar-refractivity contribution in [2.75, 3.05) is 11.9 Å². The Hall–Kier alpha value is -2.86. The van der Waals surface area contributed by atoms with Gasteiger partial charge in [-0.3, -0.25) is 9.59 Å². The number of nitrogens with two attached hydrogens (primary N) is 1. The molecule has 0 radical (unpaired) electrons. The van der Waals surface area contributed by atoms with E-state index in [1.54, 1.807) is 6.07 Å². The van der Waals surface area contributed by atoms with Gasteiger partial charge >= 0.3 is 0 Å². The molecule has 0 aliphatic carbocycles. The molecule has 1 unspecified atom stereocenters. The number of amides is 2. The number of nitrogens with one attached hydrogen (secondary N) is 2. The average molecular weight is 383 g/mol. The van der Waals surface area contributed by atoms with Crippen LogP contribution in [0.3, 0.4) is 0 Å². The Morgan fingerprint density at radius 2 is 1.75 bits per heavy atom. The van der Waals surface area contributed by atoms with Crippen LogP contribution in [0.25, 0.3) is 0 Å². The molecule has 0 aromatic heterocycles. The first-order chi connectivity index (χ1) is 13.3. The first-order valence-corrected chi connectivity index (χ1v) is 9.43. The molecule has 150 valence electrons. The van der Waals surface area contributed by atoms with E-state index in [1.165, 1.54) is 0 Å². The lowest BCUT2D eigenvalue weighted by molar-refractivity contribution is -0.125. The van der Waals surface area contributed by atoms with E-state index in [1.807, 2.05) is 70.2 Å². The Bertz CT molecular complexity index is 806. The zero-order valence-corrected chi connectivity index (χ0v) is 16.9. The summed E-state index contributed by atoms with van der Waals surface area (Å²) in [7, 11) is 0. The van der Waals surface area contributed by atoms with Crippen LogP contribution >= 0.6 is 0 Å². The summed E-state index contributed by atoms with van der Waals surface area (Å²) in [6.45, 7) is 7.47. The summed E-state index contributed by atoms with van der Waals surface area (Å²) in [5.74, 6) is 0.0958. The van der Waals surface area contributed by atoms with Crippen molar-refractivity contribution in [3.05, 3.63) is 59.7 Å². The van der Waals surface area contributed by atoms with Crippen LogP contribution < -0.4 is 21.1 Å². The van der Waals surface area contributed by atoms with Gasteiger partial charge < -0.3 is 21.1 Å². The van der Waals surface area contributed by atoms with Crippen molar-refractivity contribution in [1.82, 2.24) is 5.32 Å². The van der Waals surface area contributed by atoms with E-state index >= 15 is 0 Å². The highest BCUT2D eigenvalue weighted by atomic mass is 16.5. The summed E-state index contributed by atoms with van der Waals surface area (Å²) in [6.07, 6.45) is -0.0820. The Labute approximate surface area is 166 Å². The summed E-state index contributed by atoms with van der Waals surface area (Å²) in [6, 6.07) is 14.8. The number of rotatable bonds is 8. The summed E-state index contributed by atoms with van der Waals surface area (Å²) < 4.78 is 5.99. The molecule has 0 saturated heterocycles.